The Hall–Kier alpha value is -2.95. The lowest BCUT2D eigenvalue weighted by Gasteiger charge is -2.05. The number of nitro groups is 1. The molecule has 1 aromatic heterocycles. The number of fused-ring (bicyclic) bond motifs is 1. The Kier molecular flexibility index (Phi) is 2.80. The van der Waals surface area contributed by atoms with Crippen LogP contribution in [-0.2, 0) is 0 Å². The Bertz CT molecular complexity index is 815. The molecule has 0 amide bonds. The fourth-order valence-electron chi connectivity index (χ4n) is 2.14. The molecule has 0 aliphatic carbocycles. The summed E-state index contributed by atoms with van der Waals surface area (Å²) in [5.74, 6) is 0.143. The fourth-order valence-corrected chi connectivity index (χ4v) is 2.14. The van der Waals surface area contributed by atoms with Crippen LogP contribution in [-0.4, -0.2) is 15.0 Å². The van der Waals surface area contributed by atoms with Crippen LogP contribution in [0.1, 0.15) is 0 Å². The molecule has 3 aromatic rings. The lowest BCUT2D eigenvalue weighted by Crippen LogP contribution is -1.93. The molecule has 0 atom stereocenters. The SMILES string of the molecule is O=[N+]([O-])c1ccccc1-c1ccc2c(O)cccc2n1. The highest BCUT2D eigenvalue weighted by molar-refractivity contribution is 5.87. The Balaban J connectivity index is 2.23. The van der Waals surface area contributed by atoms with Crippen molar-refractivity contribution in [2.45, 2.75) is 0 Å². The highest BCUT2D eigenvalue weighted by atomic mass is 16.6. The summed E-state index contributed by atoms with van der Waals surface area (Å²) < 4.78 is 0. The van der Waals surface area contributed by atoms with E-state index < -0.39 is 4.92 Å². The molecule has 0 spiro atoms. The zero-order valence-electron chi connectivity index (χ0n) is 10.4. The largest absolute Gasteiger partial charge is 0.507 e. The minimum Gasteiger partial charge on any atom is -0.507 e. The van der Waals surface area contributed by atoms with E-state index >= 15 is 0 Å². The van der Waals surface area contributed by atoms with E-state index in [1.54, 1.807) is 48.5 Å². The summed E-state index contributed by atoms with van der Waals surface area (Å²) in [7, 11) is 0. The van der Waals surface area contributed by atoms with Crippen molar-refractivity contribution in [1.82, 2.24) is 4.98 Å². The van der Waals surface area contributed by atoms with Gasteiger partial charge in [-0.1, -0.05) is 18.2 Å². The minimum absolute atomic E-state index is 0.0134. The lowest BCUT2D eigenvalue weighted by atomic mass is 10.1. The summed E-state index contributed by atoms with van der Waals surface area (Å²) in [6.45, 7) is 0. The molecule has 0 radical (unpaired) electrons. The quantitative estimate of drug-likeness (QED) is 0.568. The molecule has 1 N–H and O–H groups in total. The molecule has 0 saturated heterocycles. The van der Waals surface area contributed by atoms with Crippen LogP contribution in [0.25, 0.3) is 22.2 Å². The van der Waals surface area contributed by atoms with Crippen molar-refractivity contribution in [2.75, 3.05) is 0 Å². The predicted octanol–water partition coefficient (Wildman–Crippen LogP) is 3.52. The van der Waals surface area contributed by atoms with E-state index in [4.69, 9.17) is 0 Å². The Morgan fingerprint density at radius 3 is 2.60 bits per heavy atom. The average Bonchev–Trinajstić information content (AvgIpc) is 2.47. The molecule has 0 aliphatic heterocycles. The summed E-state index contributed by atoms with van der Waals surface area (Å²) in [5, 5.41) is 21.4. The molecule has 0 aliphatic rings. The number of nitro benzene ring substituents is 1. The number of rotatable bonds is 2. The van der Waals surface area contributed by atoms with Crippen LogP contribution in [0.2, 0.25) is 0 Å². The normalized spacial score (nSPS) is 10.6. The van der Waals surface area contributed by atoms with Gasteiger partial charge in [0.05, 0.1) is 21.7 Å². The molecule has 0 bridgehead atoms. The van der Waals surface area contributed by atoms with Gasteiger partial charge in [0, 0.05) is 11.5 Å². The van der Waals surface area contributed by atoms with Crippen molar-refractivity contribution in [3.05, 3.63) is 64.7 Å². The number of benzene rings is 2. The molecule has 5 heteroatoms. The van der Waals surface area contributed by atoms with Crippen LogP contribution in [0.5, 0.6) is 5.75 Å². The zero-order valence-corrected chi connectivity index (χ0v) is 10.4. The highest BCUT2D eigenvalue weighted by Crippen LogP contribution is 2.31. The van der Waals surface area contributed by atoms with Gasteiger partial charge in [0.2, 0.25) is 0 Å². The third-order valence-electron chi connectivity index (χ3n) is 3.09. The number of hydrogen-bond donors (Lipinski definition) is 1. The second-order valence-corrected chi connectivity index (χ2v) is 4.31. The van der Waals surface area contributed by atoms with Gasteiger partial charge in [-0.05, 0) is 30.3 Å². The van der Waals surface area contributed by atoms with Gasteiger partial charge in [-0.3, -0.25) is 10.1 Å². The van der Waals surface area contributed by atoms with Gasteiger partial charge >= 0.3 is 0 Å². The van der Waals surface area contributed by atoms with E-state index in [0.717, 1.165) is 0 Å². The number of nitrogens with zero attached hydrogens (tertiary/aromatic N) is 2. The highest BCUT2D eigenvalue weighted by Gasteiger charge is 2.15. The van der Waals surface area contributed by atoms with Crippen LogP contribution in [0.3, 0.4) is 0 Å². The van der Waals surface area contributed by atoms with E-state index in [-0.39, 0.29) is 11.4 Å². The van der Waals surface area contributed by atoms with Gasteiger partial charge < -0.3 is 5.11 Å². The van der Waals surface area contributed by atoms with Gasteiger partial charge in [-0.2, -0.15) is 0 Å². The number of hydrogen-bond acceptors (Lipinski definition) is 4. The molecule has 2 aromatic carbocycles. The zero-order chi connectivity index (χ0) is 14.1. The second-order valence-electron chi connectivity index (χ2n) is 4.31. The van der Waals surface area contributed by atoms with E-state index in [1.807, 2.05) is 0 Å². The molecule has 0 saturated carbocycles. The standard InChI is InChI=1S/C15H10N2O3/c18-15-7-3-5-12-11(15)8-9-13(16-12)10-4-1-2-6-14(10)17(19)20/h1-9,18H. The van der Waals surface area contributed by atoms with Crippen molar-refractivity contribution in [2.24, 2.45) is 0 Å². The van der Waals surface area contributed by atoms with E-state index in [9.17, 15) is 15.2 Å². The van der Waals surface area contributed by atoms with Crippen LogP contribution < -0.4 is 0 Å². The predicted molar refractivity (Wildman–Crippen MR) is 75.5 cm³/mol. The molecular weight excluding hydrogens is 256 g/mol. The molecule has 20 heavy (non-hydrogen) atoms. The average molecular weight is 266 g/mol. The van der Waals surface area contributed by atoms with Gasteiger partial charge in [0.25, 0.3) is 5.69 Å². The Morgan fingerprint density at radius 1 is 1.00 bits per heavy atom. The smallest absolute Gasteiger partial charge is 0.278 e. The van der Waals surface area contributed by atoms with Crippen LogP contribution >= 0.6 is 0 Å². The first-order valence-electron chi connectivity index (χ1n) is 5.99. The first-order chi connectivity index (χ1) is 9.66. The molecular formula is C15H10N2O3. The molecule has 98 valence electrons. The van der Waals surface area contributed by atoms with Crippen LogP contribution in [0.4, 0.5) is 5.69 Å². The van der Waals surface area contributed by atoms with Crippen LogP contribution in [0, 0.1) is 10.1 Å². The molecule has 0 fully saturated rings. The van der Waals surface area contributed by atoms with Crippen molar-refractivity contribution < 1.29 is 10.0 Å². The molecule has 5 nitrogen and oxygen atoms in total. The number of para-hydroxylation sites is 1. The van der Waals surface area contributed by atoms with Crippen molar-refractivity contribution >= 4 is 16.6 Å². The first kappa shape index (κ1) is 12.1. The lowest BCUT2D eigenvalue weighted by molar-refractivity contribution is -0.384. The summed E-state index contributed by atoms with van der Waals surface area (Å²) in [6, 6.07) is 14.9. The Morgan fingerprint density at radius 2 is 1.80 bits per heavy atom. The van der Waals surface area contributed by atoms with Gasteiger partial charge in [-0.25, -0.2) is 4.98 Å². The van der Waals surface area contributed by atoms with E-state index in [2.05, 4.69) is 4.98 Å². The third-order valence-corrected chi connectivity index (χ3v) is 3.09. The van der Waals surface area contributed by atoms with Crippen molar-refractivity contribution in [3.8, 4) is 17.0 Å². The fraction of sp³-hybridized carbons (Fsp3) is 0. The van der Waals surface area contributed by atoms with Gasteiger partial charge in [-0.15, -0.1) is 0 Å². The first-order valence-corrected chi connectivity index (χ1v) is 5.99. The molecule has 0 unspecified atom stereocenters. The third kappa shape index (κ3) is 1.95. The number of phenols is 1. The summed E-state index contributed by atoms with van der Waals surface area (Å²) in [5.41, 5.74) is 1.58. The summed E-state index contributed by atoms with van der Waals surface area (Å²) in [4.78, 5) is 15.0. The van der Waals surface area contributed by atoms with Crippen molar-refractivity contribution in [1.29, 1.82) is 0 Å². The topological polar surface area (TPSA) is 76.3 Å². The van der Waals surface area contributed by atoms with Gasteiger partial charge in [0.1, 0.15) is 5.75 Å². The maximum absolute atomic E-state index is 11.1. The van der Waals surface area contributed by atoms with E-state index in [0.29, 0.717) is 22.2 Å². The van der Waals surface area contributed by atoms with Crippen LogP contribution in [0.15, 0.2) is 54.6 Å². The van der Waals surface area contributed by atoms with Crippen molar-refractivity contribution in [3.63, 3.8) is 0 Å². The van der Waals surface area contributed by atoms with E-state index in [1.165, 1.54) is 6.07 Å². The summed E-state index contributed by atoms with van der Waals surface area (Å²) >= 11 is 0. The monoisotopic (exact) mass is 266 g/mol. The van der Waals surface area contributed by atoms with Gasteiger partial charge in [0.15, 0.2) is 0 Å². The Labute approximate surface area is 114 Å². The maximum atomic E-state index is 11.1. The number of aromatic hydroxyl groups is 1. The summed E-state index contributed by atoms with van der Waals surface area (Å²) in [6.07, 6.45) is 0. The molecule has 1 heterocycles. The number of phenolic OH excluding ortho intramolecular Hbond substituents is 1. The second kappa shape index (κ2) is 4.62. The number of aromatic nitrogens is 1. The number of pyridine rings is 1. The maximum Gasteiger partial charge on any atom is 0.278 e. The molecule has 3 rings (SSSR count). The minimum atomic E-state index is -0.427.